The molecule has 0 radical (unpaired) electrons. The van der Waals surface area contributed by atoms with Crippen LogP contribution in [0.5, 0.6) is 0 Å². The van der Waals surface area contributed by atoms with Crippen LogP contribution < -0.4 is 15.9 Å². The van der Waals surface area contributed by atoms with E-state index in [-0.39, 0.29) is 4.99 Å². The van der Waals surface area contributed by atoms with Crippen molar-refractivity contribution in [3.05, 3.63) is 127 Å². The van der Waals surface area contributed by atoms with E-state index in [4.69, 9.17) is 12.6 Å². The number of rotatable bonds is 5. The Kier molecular flexibility index (Phi) is 5.43. The van der Waals surface area contributed by atoms with Crippen molar-refractivity contribution in [1.82, 2.24) is 0 Å². The van der Waals surface area contributed by atoms with Crippen molar-refractivity contribution in [3.8, 4) is 0 Å². The zero-order chi connectivity index (χ0) is 18.5. The fourth-order valence-corrected chi connectivity index (χ4v) is 9.37. The highest BCUT2D eigenvalue weighted by Crippen LogP contribution is 2.68. The maximum absolute atomic E-state index is 5.28. The first kappa shape index (κ1) is 18.0. The van der Waals surface area contributed by atoms with Crippen LogP contribution in [-0.2, 0) is 0 Å². The van der Waals surface area contributed by atoms with Crippen molar-refractivity contribution < 1.29 is 0 Å². The van der Waals surface area contributed by atoms with E-state index in [1.54, 1.807) is 0 Å². The molecule has 0 nitrogen and oxygen atoms in total. The second-order valence-corrected chi connectivity index (χ2v) is 10.9. The van der Waals surface area contributed by atoms with Crippen LogP contribution in [0.25, 0.3) is 0 Å². The molecule has 0 aliphatic rings. The number of benzene rings is 4. The van der Waals surface area contributed by atoms with Crippen LogP contribution in [0.4, 0.5) is 0 Å². The topological polar surface area (TPSA) is 0 Å². The lowest BCUT2D eigenvalue weighted by Crippen LogP contribution is -2.33. The van der Waals surface area contributed by atoms with E-state index in [9.17, 15) is 0 Å². The van der Waals surface area contributed by atoms with Gasteiger partial charge in [0.25, 0.3) is 0 Å². The molecule has 0 saturated carbocycles. The van der Waals surface area contributed by atoms with Crippen LogP contribution >= 0.6 is 19.9 Å². The molecule has 1 atom stereocenters. The van der Waals surface area contributed by atoms with Crippen LogP contribution in [0.2, 0.25) is 0 Å². The van der Waals surface area contributed by atoms with Gasteiger partial charge in [-0.2, -0.15) is 0 Å². The third-order valence-electron chi connectivity index (χ3n) is 4.95. The molecule has 0 bridgehead atoms. The lowest BCUT2D eigenvalue weighted by atomic mass is 10.2. The summed E-state index contributed by atoms with van der Waals surface area (Å²) in [5, 5.41) is 4.06. The molecule has 0 N–H and O–H groups in total. The Morgan fingerprint density at radius 2 is 0.741 bits per heavy atom. The molecule has 0 amide bonds. The number of hydrogen-bond acceptors (Lipinski definition) is 1. The van der Waals surface area contributed by atoms with Crippen molar-refractivity contribution in [2.75, 3.05) is 0 Å². The largest absolute Gasteiger partial charge is 0.151 e. The van der Waals surface area contributed by atoms with Gasteiger partial charge in [-0.25, -0.2) is 0 Å². The third kappa shape index (κ3) is 3.34. The van der Waals surface area contributed by atoms with E-state index >= 15 is 0 Å². The van der Waals surface area contributed by atoms with Gasteiger partial charge in [0.1, 0.15) is 23.2 Å². The fraction of sp³-hybridized carbons (Fsp3) is 0.0400. The summed E-state index contributed by atoms with van der Waals surface area (Å²) in [6, 6.07) is 43.4. The lowest BCUT2D eigenvalue weighted by molar-refractivity contribution is 1.36. The van der Waals surface area contributed by atoms with E-state index in [2.05, 4.69) is 121 Å². The van der Waals surface area contributed by atoms with E-state index < -0.39 is 7.26 Å². The molecule has 4 aromatic carbocycles. The summed E-state index contributed by atoms with van der Waals surface area (Å²) in [5.74, 6) is 0. The first-order valence-electron chi connectivity index (χ1n) is 9.12. The van der Waals surface area contributed by atoms with Gasteiger partial charge in [-0.15, -0.1) is 12.6 Å². The molecule has 4 aromatic rings. The Morgan fingerprint density at radius 1 is 0.444 bits per heavy atom. The first-order chi connectivity index (χ1) is 13.3. The van der Waals surface area contributed by atoms with Crippen molar-refractivity contribution in [2.24, 2.45) is 0 Å². The van der Waals surface area contributed by atoms with Crippen LogP contribution in [0.15, 0.2) is 121 Å². The second kappa shape index (κ2) is 8.13. The maximum Gasteiger partial charge on any atom is 0.151 e. The molecule has 0 aliphatic carbocycles. The Morgan fingerprint density at radius 3 is 1.07 bits per heavy atom. The molecule has 0 fully saturated rings. The molecule has 0 aromatic heterocycles. The predicted molar refractivity (Wildman–Crippen MR) is 123 cm³/mol. The Bertz CT molecular complexity index is 873. The highest BCUT2D eigenvalue weighted by molar-refractivity contribution is 8.06. The van der Waals surface area contributed by atoms with Gasteiger partial charge in [-0.1, -0.05) is 84.9 Å². The smallest absolute Gasteiger partial charge is 0.130 e. The summed E-state index contributed by atoms with van der Waals surface area (Å²) in [7, 11) is -2.00. The molecule has 132 valence electrons. The average molecular weight is 385 g/mol. The molecule has 2 heteroatoms. The summed E-state index contributed by atoms with van der Waals surface area (Å²) in [4.78, 5) is 0.0749. The van der Waals surface area contributed by atoms with Crippen molar-refractivity contribution in [3.63, 3.8) is 0 Å². The van der Waals surface area contributed by atoms with Gasteiger partial charge >= 0.3 is 0 Å². The maximum atomic E-state index is 5.28. The molecular formula is C25H22PS+. The molecule has 0 aliphatic heterocycles. The Labute approximate surface area is 167 Å². The van der Waals surface area contributed by atoms with Crippen LogP contribution in [0.3, 0.4) is 0 Å². The SMILES string of the molecule is SC(c1ccccc1)[P+](c1ccccc1)(c1ccccc1)c1ccccc1. The average Bonchev–Trinajstić information content (AvgIpc) is 2.77. The summed E-state index contributed by atoms with van der Waals surface area (Å²) < 4.78 is 0. The normalized spacial score (nSPS) is 12.5. The highest BCUT2D eigenvalue weighted by Gasteiger charge is 2.51. The summed E-state index contributed by atoms with van der Waals surface area (Å²) in [6.45, 7) is 0. The van der Waals surface area contributed by atoms with Gasteiger partial charge in [0.05, 0.1) is 0 Å². The first-order valence-corrected chi connectivity index (χ1v) is 11.5. The predicted octanol–water partition coefficient (Wildman–Crippen LogP) is 5.61. The van der Waals surface area contributed by atoms with Gasteiger partial charge in [0.2, 0.25) is 0 Å². The van der Waals surface area contributed by atoms with Crippen molar-refractivity contribution >= 4 is 35.8 Å². The molecule has 27 heavy (non-hydrogen) atoms. The summed E-state index contributed by atoms with van der Waals surface area (Å²) in [6.07, 6.45) is 0. The van der Waals surface area contributed by atoms with Crippen molar-refractivity contribution in [1.29, 1.82) is 0 Å². The van der Waals surface area contributed by atoms with E-state index in [1.807, 2.05) is 0 Å². The Balaban J connectivity index is 2.07. The van der Waals surface area contributed by atoms with Crippen LogP contribution in [0.1, 0.15) is 10.6 Å². The minimum atomic E-state index is -2.00. The van der Waals surface area contributed by atoms with Crippen LogP contribution in [-0.4, -0.2) is 0 Å². The minimum absolute atomic E-state index is 0.0749. The minimum Gasteiger partial charge on any atom is -0.130 e. The third-order valence-corrected chi connectivity index (χ3v) is 10.7. The molecule has 1 unspecified atom stereocenters. The molecular weight excluding hydrogens is 363 g/mol. The lowest BCUT2D eigenvalue weighted by Gasteiger charge is -2.32. The fourth-order valence-electron chi connectivity index (χ4n) is 3.71. The van der Waals surface area contributed by atoms with Gasteiger partial charge in [0, 0.05) is 5.56 Å². The van der Waals surface area contributed by atoms with Gasteiger partial charge in [-0.05, 0) is 36.4 Å². The van der Waals surface area contributed by atoms with E-state index in [0.717, 1.165) is 0 Å². The monoisotopic (exact) mass is 385 g/mol. The van der Waals surface area contributed by atoms with E-state index in [0.29, 0.717) is 0 Å². The summed E-state index contributed by atoms with van der Waals surface area (Å²) in [5.41, 5.74) is 1.26. The summed E-state index contributed by atoms with van der Waals surface area (Å²) >= 11 is 5.28. The van der Waals surface area contributed by atoms with E-state index in [1.165, 1.54) is 21.5 Å². The highest BCUT2D eigenvalue weighted by atomic mass is 32.1. The molecule has 0 heterocycles. The second-order valence-electron chi connectivity index (χ2n) is 6.51. The molecule has 4 rings (SSSR count). The van der Waals surface area contributed by atoms with Gasteiger partial charge in [-0.3, -0.25) is 0 Å². The van der Waals surface area contributed by atoms with Gasteiger partial charge in [0.15, 0.2) is 4.99 Å². The Hall–Kier alpha value is -2.34. The molecule has 0 saturated heterocycles. The number of hydrogen-bond donors (Lipinski definition) is 1. The number of thiol groups is 1. The zero-order valence-electron chi connectivity index (χ0n) is 15.0. The quantitative estimate of drug-likeness (QED) is 0.335. The standard InChI is InChI=1S/C25H21PS/c27-25(21-13-5-1-6-14-21)26(22-15-7-2-8-16-22,23-17-9-3-10-18-23)24-19-11-4-12-20-24/h1-20,25H/p+1. The van der Waals surface area contributed by atoms with Crippen LogP contribution in [0, 0.1) is 0 Å². The zero-order valence-corrected chi connectivity index (χ0v) is 16.8. The van der Waals surface area contributed by atoms with Gasteiger partial charge < -0.3 is 0 Å². The van der Waals surface area contributed by atoms with Crippen molar-refractivity contribution in [2.45, 2.75) is 4.99 Å². The molecule has 0 spiro atoms.